The second-order valence-corrected chi connectivity index (χ2v) is 13.3. The van der Waals surface area contributed by atoms with E-state index in [0.29, 0.717) is 29.6 Å². The molecule has 186 valence electrons. The smallest absolute Gasteiger partial charge is 0.224 e. The molecular weight excluding hydrogens is 414 g/mol. The Morgan fingerprint density at radius 3 is 2.47 bits per heavy atom. The summed E-state index contributed by atoms with van der Waals surface area (Å²) in [5, 5.41) is 3.34. The van der Waals surface area contributed by atoms with Crippen molar-refractivity contribution in [3.8, 4) is 0 Å². The van der Waals surface area contributed by atoms with E-state index >= 15 is 0 Å². The largest absolute Gasteiger partial charge is 0.330 e. The number of carbonyl (C=O) groups is 1. The summed E-state index contributed by atoms with van der Waals surface area (Å²) in [7, 11) is 0. The lowest BCUT2D eigenvalue weighted by molar-refractivity contribution is -0.125. The van der Waals surface area contributed by atoms with Crippen molar-refractivity contribution in [1.82, 2.24) is 5.32 Å². The first kappa shape index (κ1) is 24.1. The highest BCUT2D eigenvalue weighted by molar-refractivity contribution is 5.79. The number of benzene rings is 1. The van der Waals surface area contributed by atoms with Gasteiger partial charge in [-0.05, 0) is 78.6 Å². The van der Waals surface area contributed by atoms with Gasteiger partial charge in [0.05, 0.1) is 0 Å². The molecule has 2 heteroatoms. The number of allylic oxidation sites excluding steroid dienone is 2. The lowest BCUT2D eigenvalue weighted by atomic mass is 9.46. The molecule has 0 radical (unpaired) electrons. The lowest BCUT2D eigenvalue weighted by Crippen LogP contribution is -2.55. The van der Waals surface area contributed by atoms with E-state index in [1.807, 2.05) is 0 Å². The van der Waals surface area contributed by atoms with Gasteiger partial charge in [-0.15, -0.1) is 0 Å². The summed E-state index contributed by atoms with van der Waals surface area (Å²) in [5.41, 5.74) is 3.28. The number of hydrogen-bond donors (Lipinski definition) is 1. The highest BCUT2D eigenvalue weighted by atomic mass is 16.1. The van der Waals surface area contributed by atoms with Gasteiger partial charge in [-0.2, -0.15) is 0 Å². The first-order valence-electron chi connectivity index (χ1n) is 14.3. The van der Waals surface area contributed by atoms with E-state index in [4.69, 9.17) is 0 Å². The Morgan fingerprint density at radius 1 is 0.971 bits per heavy atom. The second kappa shape index (κ2) is 9.14. The number of amides is 1. The van der Waals surface area contributed by atoms with Gasteiger partial charge in [0, 0.05) is 23.5 Å². The van der Waals surface area contributed by atoms with Crippen LogP contribution in [0.1, 0.15) is 104 Å². The molecule has 2 saturated carbocycles. The normalized spacial score (nSPS) is 40.1. The zero-order valence-corrected chi connectivity index (χ0v) is 22.3. The molecule has 0 bridgehead atoms. The number of piperidine rings is 1. The van der Waals surface area contributed by atoms with Crippen LogP contribution in [0, 0.1) is 46.3 Å². The molecule has 1 heterocycles. The zero-order valence-electron chi connectivity index (χ0n) is 22.3. The zero-order chi connectivity index (χ0) is 24.1. The molecule has 1 N–H and O–H groups in total. The molecule has 1 aliphatic heterocycles. The third-order valence-corrected chi connectivity index (χ3v) is 11.1. The van der Waals surface area contributed by atoms with Gasteiger partial charge < -0.3 is 5.32 Å². The van der Waals surface area contributed by atoms with Crippen molar-refractivity contribution in [2.75, 3.05) is 0 Å². The van der Waals surface area contributed by atoms with Crippen molar-refractivity contribution in [3.05, 3.63) is 47.7 Å². The fourth-order valence-corrected chi connectivity index (χ4v) is 9.23. The standard InChI is InChI=1S/C32H47NO/c1-21(2)10-9-11-22(3)25-14-15-26-30-24(23-12-7-6-8-13-23)20-28-32(5,19-17-29(34)33-28)27(30)16-18-31(25,26)4/h6-8,12-13,20-22,24-27,30H,9-11,14-19H2,1-5H3,(H,33,34)/t22?,24-,25?,26?,27?,30?,31-,32-/m1/s1. The summed E-state index contributed by atoms with van der Waals surface area (Å²) >= 11 is 0. The Kier molecular flexibility index (Phi) is 6.49. The minimum atomic E-state index is 0.131. The monoisotopic (exact) mass is 461 g/mol. The minimum absolute atomic E-state index is 0.131. The predicted molar refractivity (Wildman–Crippen MR) is 141 cm³/mol. The van der Waals surface area contributed by atoms with Gasteiger partial charge >= 0.3 is 0 Å². The van der Waals surface area contributed by atoms with Crippen LogP contribution in [0.15, 0.2) is 42.1 Å². The van der Waals surface area contributed by atoms with Crippen molar-refractivity contribution in [3.63, 3.8) is 0 Å². The van der Waals surface area contributed by atoms with Crippen molar-refractivity contribution in [2.24, 2.45) is 46.3 Å². The fraction of sp³-hybridized carbons (Fsp3) is 0.719. The van der Waals surface area contributed by atoms with E-state index in [0.717, 1.165) is 30.1 Å². The molecule has 0 aromatic heterocycles. The summed E-state index contributed by atoms with van der Waals surface area (Å²) in [5.74, 6) is 5.32. The molecule has 1 aromatic rings. The number of nitrogens with one attached hydrogen (secondary N) is 1. The number of fused-ring (bicyclic) bond motifs is 5. The van der Waals surface area contributed by atoms with Gasteiger partial charge in [-0.3, -0.25) is 4.79 Å². The molecule has 5 unspecified atom stereocenters. The average molecular weight is 462 g/mol. The van der Waals surface area contributed by atoms with Crippen LogP contribution in [-0.2, 0) is 4.79 Å². The van der Waals surface area contributed by atoms with Gasteiger partial charge in [0.2, 0.25) is 5.91 Å². The number of carbonyl (C=O) groups excluding carboxylic acids is 1. The van der Waals surface area contributed by atoms with Crippen LogP contribution in [0.2, 0.25) is 0 Å². The molecule has 5 rings (SSSR count). The Hall–Kier alpha value is -1.57. The molecule has 1 amide bonds. The van der Waals surface area contributed by atoms with E-state index < -0.39 is 0 Å². The maximum absolute atomic E-state index is 12.4. The molecular formula is C32H47NO. The molecule has 1 saturated heterocycles. The van der Waals surface area contributed by atoms with E-state index in [2.05, 4.69) is 76.3 Å². The summed E-state index contributed by atoms with van der Waals surface area (Å²) in [6, 6.07) is 11.2. The second-order valence-electron chi connectivity index (χ2n) is 13.3. The molecule has 34 heavy (non-hydrogen) atoms. The van der Waals surface area contributed by atoms with Crippen molar-refractivity contribution < 1.29 is 4.79 Å². The third-order valence-electron chi connectivity index (χ3n) is 11.1. The van der Waals surface area contributed by atoms with Crippen LogP contribution in [0.5, 0.6) is 0 Å². The third kappa shape index (κ3) is 3.97. The summed E-state index contributed by atoms with van der Waals surface area (Å²) in [6.07, 6.45) is 13.9. The first-order valence-corrected chi connectivity index (χ1v) is 14.3. The van der Waals surface area contributed by atoms with Crippen molar-refractivity contribution in [2.45, 2.75) is 98.3 Å². The van der Waals surface area contributed by atoms with E-state index in [9.17, 15) is 4.79 Å². The van der Waals surface area contributed by atoms with Crippen LogP contribution >= 0.6 is 0 Å². The number of hydrogen-bond acceptors (Lipinski definition) is 1. The Balaban J connectivity index is 1.48. The fourth-order valence-electron chi connectivity index (χ4n) is 9.23. The molecule has 4 aliphatic rings. The van der Waals surface area contributed by atoms with Crippen LogP contribution in [0.3, 0.4) is 0 Å². The van der Waals surface area contributed by atoms with Gasteiger partial charge in [0.25, 0.3) is 0 Å². The van der Waals surface area contributed by atoms with Crippen molar-refractivity contribution in [1.29, 1.82) is 0 Å². The summed E-state index contributed by atoms with van der Waals surface area (Å²) < 4.78 is 0. The van der Waals surface area contributed by atoms with Crippen LogP contribution < -0.4 is 5.32 Å². The van der Waals surface area contributed by atoms with E-state index in [1.54, 1.807) is 0 Å². The van der Waals surface area contributed by atoms with Crippen LogP contribution in [-0.4, -0.2) is 5.91 Å². The van der Waals surface area contributed by atoms with Crippen LogP contribution in [0.25, 0.3) is 0 Å². The Labute approximate surface area is 208 Å². The van der Waals surface area contributed by atoms with E-state index in [1.165, 1.54) is 56.2 Å². The van der Waals surface area contributed by atoms with Gasteiger partial charge in [-0.1, -0.05) is 90.3 Å². The predicted octanol–water partition coefficient (Wildman–Crippen LogP) is 8.11. The van der Waals surface area contributed by atoms with Gasteiger partial charge in [0.15, 0.2) is 0 Å². The Bertz CT molecular complexity index is 918. The number of rotatable bonds is 6. The summed E-state index contributed by atoms with van der Waals surface area (Å²) in [6.45, 7) is 12.4. The van der Waals surface area contributed by atoms with E-state index in [-0.39, 0.29) is 11.3 Å². The molecule has 8 atom stereocenters. The van der Waals surface area contributed by atoms with Gasteiger partial charge in [-0.25, -0.2) is 0 Å². The highest BCUT2D eigenvalue weighted by Gasteiger charge is 2.61. The minimum Gasteiger partial charge on any atom is -0.330 e. The van der Waals surface area contributed by atoms with Crippen molar-refractivity contribution >= 4 is 5.91 Å². The maximum Gasteiger partial charge on any atom is 0.224 e. The molecule has 0 spiro atoms. The highest BCUT2D eigenvalue weighted by Crippen LogP contribution is 2.68. The molecule has 1 aromatic carbocycles. The average Bonchev–Trinajstić information content (AvgIpc) is 3.17. The topological polar surface area (TPSA) is 29.1 Å². The van der Waals surface area contributed by atoms with Gasteiger partial charge in [0.1, 0.15) is 0 Å². The van der Waals surface area contributed by atoms with Crippen LogP contribution in [0.4, 0.5) is 0 Å². The molecule has 3 aliphatic carbocycles. The quantitative estimate of drug-likeness (QED) is 0.455. The summed E-state index contributed by atoms with van der Waals surface area (Å²) in [4.78, 5) is 12.4. The lowest BCUT2D eigenvalue weighted by Gasteiger charge is -2.59. The Morgan fingerprint density at radius 2 is 1.74 bits per heavy atom. The maximum atomic E-state index is 12.4. The SMILES string of the molecule is CC(C)CCCC(C)C1CCC2C3C(CC[C@]12C)[C@@]1(C)CCC(=O)NC1=C[C@@H]3c1ccccc1. The first-order chi connectivity index (χ1) is 16.2. The molecule has 3 fully saturated rings. The molecule has 2 nitrogen and oxygen atoms in total.